The topological polar surface area (TPSA) is 33.7 Å². The maximum atomic E-state index is 5.57. The molecule has 0 saturated carbocycles. The molecule has 16 heavy (non-hydrogen) atoms. The Bertz CT molecular complexity index is 158. The number of nitrogens with one attached hydrogen (secondary N) is 1. The zero-order valence-corrected chi connectivity index (χ0v) is 10.1. The van der Waals surface area contributed by atoms with E-state index in [0.717, 1.165) is 32.9 Å². The lowest BCUT2D eigenvalue weighted by Crippen LogP contribution is -2.41. The van der Waals surface area contributed by atoms with E-state index in [1.165, 1.54) is 38.9 Å². The monoisotopic (exact) mass is 228 g/mol. The van der Waals surface area contributed by atoms with E-state index < -0.39 is 0 Å². The second-order valence-electron chi connectivity index (χ2n) is 4.67. The number of ether oxygens (including phenoxy) is 2. The van der Waals surface area contributed by atoms with Crippen molar-refractivity contribution < 1.29 is 9.47 Å². The first-order valence-electron chi connectivity index (χ1n) is 6.57. The van der Waals surface area contributed by atoms with Crippen molar-refractivity contribution in [3.05, 3.63) is 0 Å². The summed E-state index contributed by atoms with van der Waals surface area (Å²) >= 11 is 0. The largest absolute Gasteiger partial charge is 0.376 e. The molecule has 2 fully saturated rings. The number of piperidine rings is 1. The van der Waals surface area contributed by atoms with Crippen LogP contribution in [0.1, 0.15) is 19.3 Å². The molecule has 0 aromatic carbocycles. The van der Waals surface area contributed by atoms with Crippen LogP contribution in [-0.4, -0.2) is 63.5 Å². The van der Waals surface area contributed by atoms with Crippen LogP contribution in [0.3, 0.4) is 0 Å². The molecule has 2 aliphatic rings. The van der Waals surface area contributed by atoms with E-state index in [2.05, 4.69) is 10.2 Å². The summed E-state index contributed by atoms with van der Waals surface area (Å²) in [4.78, 5) is 2.55. The molecule has 0 aliphatic carbocycles. The summed E-state index contributed by atoms with van der Waals surface area (Å²) < 4.78 is 10.9. The first-order valence-corrected chi connectivity index (χ1v) is 6.57. The van der Waals surface area contributed by atoms with Gasteiger partial charge >= 0.3 is 0 Å². The third kappa shape index (κ3) is 4.37. The Kier molecular flexibility index (Phi) is 5.55. The van der Waals surface area contributed by atoms with Gasteiger partial charge in [0.15, 0.2) is 0 Å². The zero-order chi connectivity index (χ0) is 11.1. The normalized spacial score (nSPS) is 28.1. The van der Waals surface area contributed by atoms with Crippen molar-refractivity contribution in [1.29, 1.82) is 0 Å². The van der Waals surface area contributed by atoms with Crippen LogP contribution in [0, 0.1) is 0 Å². The fourth-order valence-electron chi connectivity index (χ4n) is 2.34. The van der Waals surface area contributed by atoms with Crippen LogP contribution in [0.25, 0.3) is 0 Å². The Balaban J connectivity index is 1.47. The highest BCUT2D eigenvalue weighted by Crippen LogP contribution is 2.07. The Labute approximate surface area is 98.3 Å². The van der Waals surface area contributed by atoms with Crippen LogP contribution in [0.15, 0.2) is 0 Å². The van der Waals surface area contributed by atoms with Gasteiger partial charge < -0.3 is 19.7 Å². The highest BCUT2D eigenvalue weighted by Gasteiger charge is 2.14. The van der Waals surface area contributed by atoms with Crippen LogP contribution in [0.2, 0.25) is 0 Å². The fourth-order valence-corrected chi connectivity index (χ4v) is 2.34. The summed E-state index contributed by atoms with van der Waals surface area (Å²) in [5.74, 6) is 0. The maximum absolute atomic E-state index is 5.57. The molecule has 0 aromatic heterocycles. The summed E-state index contributed by atoms with van der Waals surface area (Å²) in [5, 5.41) is 3.46. The van der Waals surface area contributed by atoms with Crippen LogP contribution < -0.4 is 5.32 Å². The predicted octanol–water partition coefficient (Wildman–Crippen LogP) is 0.477. The van der Waals surface area contributed by atoms with Crippen LogP contribution in [-0.2, 0) is 9.47 Å². The van der Waals surface area contributed by atoms with Gasteiger partial charge in [-0.25, -0.2) is 0 Å². The van der Waals surface area contributed by atoms with Crippen molar-refractivity contribution in [2.45, 2.75) is 25.4 Å². The molecule has 0 radical (unpaired) electrons. The predicted molar refractivity (Wildman–Crippen MR) is 63.7 cm³/mol. The summed E-state index contributed by atoms with van der Waals surface area (Å²) in [6.07, 6.45) is 4.42. The Morgan fingerprint density at radius 3 is 2.75 bits per heavy atom. The Morgan fingerprint density at radius 1 is 1.12 bits per heavy atom. The van der Waals surface area contributed by atoms with E-state index in [-0.39, 0.29) is 6.10 Å². The molecular formula is C12H24N2O2. The summed E-state index contributed by atoms with van der Waals surface area (Å²) in [5.41, 5.74) is 0. The van der Waals surface area contributed by atoms with Gasteiger partial charge in [0, 0.05) is 19.6 Å². The molecule has 4 heteroatoms. The molecule has 1 unspecified atom stereocenters. The van der Waals surface area contributed by atoms with Crippen molar-refractivity contribution in [2.75, 3.05) is 52.5 Å². The van der Waals surface area contributed by atoms with Gasteiger partial charge in [-0.1, -0.05) is 6.42 Å². The van der Waals surface area contributed by atoms with Gasteiger partial charge in [-0.05, 0) is 25.9 Å². The van der Waals surface area contributed by atoms with E-state index in [4.69, 9.17) is 9.47 Å². The molecule has 1 N–H and O–H groups in total. The van der Waals surface area contributed by atoms with E-state index in [9.17, 15) is 0 Å². The molecule has 2 aliphatic heterocycles. The molecule has 1 atom stereocenters. The number of hydrogen-bond donors (Lipinski definition) is 1. The third-order valence-corrected chi connectivity index (χ3v) is 3.31. The van der Waals surface area contributed by atoms with Gasteiger partial charge in [0.05, 0.1) is 25.9 Å². The SMILES string of the molecule is C1CCN(CCNCC2COCCO2)CC1. The first kappa shape index (κ1) is 12.3. The lowest BCUT2D eigenvalue weighted by molar-refractivity contribution is -0.0863. The smallest absolute Gasteiger partial charge is 0.0933 e. The van der Waals surface area contributed by atoms with Gasteiger partial charge in [0.25, 0.3) is 0 Å². The van der Waals surface area contributed by atoms with Gasteiger partial charge in [-0.3, -0.25) is 0 Å². The minimum absolute atomic E-state index is 0.259. The number of hydrogen-bond acceptors (Lipinski definition) is 4. The summed E-state index contributed by atoms with van der Waals surface area (Å²) in [7, 11) is 0. The zero-order valence-electron chi connectivity index (χ0n) is 10.1. The molecule has 0 aromatic rings. The highest BCUT2D eigenvalue weighted by molar-refractivity contribution is 4.68. The molecule has 2 saturated heterocycles. The van der Waals surface area contributed by atoms with Crippen molar-refractivity contribution in [1.82, 2.24) is 10.2 Å². The summed E-state index contributed by atoms with van der Waals surface area (Å²) in [6.45, 7) is 7.98. The number of rotatable bonds is 5. The average molecular weight is 228 g/mol. The quantitative estimate of drug-likeness (QED) is 0.694. The van der Waals surface area contributed by atoms with E-state index in [1.54, 1.807) is 0 Å². The van der Waals surface area contributed by atoms with Crippen LogP contribution >= 0.6 is 0 Å². The highest BCUT2D eigenvalue weighted by atomic mass is 16.6. The second kappa shape index (κ2) is 7.22. The van der Waals surface area contributed by atoms with Crippen molar-refractivity contribution in [3.63, 3.8) is 0 Å². The molecule has 0 spiro atoms. The molecule has 4 nitrogen and oxygen atoms in total. The van der Waals surface area contributed by atoms with Gasteiger partial charge in [-0.2, -0.15) is 0 Å². The van der Waals surface area contributed by atoms with Gasteiger partial charge in [0.2, 0.25) is 0 Å². The molecular weight excluding hydrogens is 204 g/mol. The van der Waals surface area contributed by atoms with Crippen molar-refractivity contribution >= 4 is 0 Å². The molecule has 2 rings (SSSR count). The standard InChI is InChI=1S/C12H24N2O2/c1-2-5-14(6-3-1)7-4-13-10-12-11-15-8-9-16-12/h12-13H,1-11H2. The second-order valence-corrected chi connectivity index (χ2v) is 4.67. The average Bonchev–Trinajstić information content (AvgIpc) is 2.37. The fraction of sp³-hybridized carbons (Fsp3) is 1.00. The Hall–Kier alpha value is -0.160. The van der Waals surface area contributed by atoms with Crippen molar-refractivity contribution in [3.8, 4) is 0 Å². The molecule has 94 valence electrons. The van der Waals surface area contributed by atoms with Gasteiger partial charge in [0.1, 0.15) is 0 Å². The van der Waals surface area contributed by atoms with E-state index >= 15 is 0 Å². The van der Waals surface area contributed by atoms with E-state index in [1.807, 2.05) is 0 Å². The lowest BCUT2D eigenvalue weighted by Gasteiger charge is -2.27. The molecule has 0 bridgehead atoms. The minimum Gasteiger partial charge on any atom is -0.376 e. The Morgan fingerprint density at radius 2 is 2.00 bits per heavy atom. The minimum atomic E-state index is 0.259. The molecule has 2 heterocycles. The van der Waals surface area contributed by atoms with Crippen LogP contribution in [0.5, 0.6) is 0 Å². The summed E-state index contributed by atoms with van der Waals surface area (Å²) in [6, 6.07) is 0. The third-order valence-electron chi connectivity index (χ3n) is 3.31. The van der Waals surface area contributed by atoms with Gasteiger partial charge in [-0.15, -0.1) is 0 Å². The number of likely N-dealkylation sites (tertiary alicyclic amines) is 1. The van der Waals surface area contributed by atoms with Crippen molar-refractivity contribution in [2.24, 2.45) is 0 Å². The van der Waals surface area contributed by atoms with Crippen LogP contribution in [0.4, 0.5) is 0 Å². The lowest BCUT2D eigenvalue weighted by atomic mass is 10.1. The maximum Gasteiger partial charge on any atom is 0.0933 e. The first-order chi connectivity index (χ1) is 7.95. The van der Waals surface area contributed by atoms with E-state index in [0.29, 0.717) is 0 Å². The number of nitrogens with zero attached hydrogens (tertiary/aromatic N) is 1. The molecule has 0 amide bonds.